The van der Waals surface area contributed by atoms with E-state index in [0.717, 1.165) is 5.56 Å². The van der Waals surface area contributed by atoms with Crippen molar-refractivity contribution < 1.29 is 9.90 Å². The van der Waals surface area contributed by atoms with Gasteiger partial charge >= 0.3 is 5.97 Å². The van der Waals surface area contributed by atoms with E-state index in [1.807, 2.05) is 12.1 Å². The third kappa shape index (κ3) is 2.72. The number of carbonyl (C=O) groups is 1. The molecule has 84 valence electrons. The maximum Gasteiger partial charge on any atom is 0.328 e. The van der Waals surface area contributed by atoms with Gasteiger partial charge in [0.25, 0.3) is 0 Å². The zero-order valence-electron chi connectivity index (χ0n) is 9.23. The van der Waals surface area contributed by atoms with E-state index >= 15 is 0 Å². The summed E-state index contributed by atoms with van der Waals surface area (Å²) in [6.07, 6.45) is 8.02. The van der Waals surface area contributed by atoms with Gasteiger partial charge in [-0.25, -0.2) is 4.79 Å². The number of rotatable bonds is 3. The van der Waals surface area contributed by atoms with E-state index in [1.54, 1.807) is 6.08 Å². The van der Waals surface area contributed by atoms with E-state index in [2.05, 4.69) is 12.1 Å². The zero-order chi connectivity index (χ0) is 11.4. The van der Waals surface area contributed by atoms with Gasteiger partial charge in [0.05, 0.1) is 0 Å². The Hall–Kier alpha value is -1.57. The smallest absolute Gasteiger partial charge is 0.328 e. The molecule has 0 amide bonds. The lowest BCUT2D eigenvalue weighted by atomic mass is 9.96. The van der Waals surface area contributed by atoms with Crippen LogP contribution in [0.2, 0.25) is 0 Å². The highest BCUT2D eigenvalue weighted by Gasteiger charge is 2.16. The Labute approximate surface area is 95.6 Å². The summed E-state index contributed by atoms with van der Waals surface area (Å²) in [4.78, 5) is 10.4. The van der Waals surface area contributed by atoms with Gasteiger partial charge in [-0.3, -0.25) is 0 Å². The minimum atomic E-state index is -0.897. The third-order valence-electron chi connectivity index (χ3n) is 3.16. The summed E-state index contributed by atoms with van der Waals surface area (Å²) in [5.41, 5.74) is 2.33. The van der Waals surface area contributed by atoms with Gasteiger partial charge < -0.3 is 5.11 Å². The maximum atomic E-state index is 10.4. The SMILES string of the molecule is O=C(O)C=Cc1cccc(C2CCCC2)c1. The summed E-state index contributed by atoms with van der Waals surface area (Å²) < 4.78 is 0. The fraction of sp³-hybridized carbons (Fsp3) is 0.357. The fourth-order valence-corrected chi connectivity index (χ4v) is 2.34. The van der Waals surface area contributed by atoms with Crippen LogP contribution in [-0.2, 0) is 4.79 Å². The van der Waals surface area contributed by atoms with Crippen molar-refractivity contribution in [3.8, 4) is 0 Å². The van der Waals surface area contributed by atoms with Gasteiger partial charge in [0.2, 0.25) is 0 Å². The summed E-state index contributed by atoms with van der Waals surface area (Å²) >= 11 is 0. The number of aliphatic carboxylic acids is 1. The lowest BCUT2D eigenvalue weighted by Gasteiger charge is -2.09. The standard InChI is InChI=1S/C14H16O2/c15-14(16)9-8-11-4-3-7-13(10-11)12-5-1-2-6-12/h3-4,7-10,12H,1-2,5-6H2,(H,15,16). The molecule has 2 rings (SSSR count). The monoisotopic (exact) mass is 216 g/mol. The molecule has 2 heteroatoms. The van der Waals surface area contributed by atoms with Gasteiger partial charge in [0, 0.05) is 6.08 Å². The molecule has 1 N–H and O–H groups in total. The Kier molecular flexibility index (Phi) is 3.40. The van der Waals surface area contributed by atoms with E-state index in [9.17, 15) is 4.79 Å². The molecule has 1 saturated carbocycles. The van der Waals surface area contributed by atoms with Gasteiger partial charge in [0.15, 0.2) is 0 Å². The Morgan fingerprint density at radius 1 is 1.31 bits per heavy atom. The molecule has 2 nitrogen and oxygen atoms in total. The molecule has 1 aromatic rings. The first-order chi connectivity index (χ1) is 7.75. The Balaban J connectivity index is 2.15. The van der Waals surface area contributed by atoms with E-state index in [-0.39, 0.29) is 0 Å². The normalized spacial score (nSPS) is 17.0. The first-order valence-electron chi connectivity index (χ1n) is 5.76. The van der Waals surface area contributed by atoms with Crippen LogP contribution in [0.1, 0.15) is 42.7 Å². The fourth-order valence-electron chi connectivity index (χ4n) is 2.34. The predicted octanol–water partition coefficient (Wildman–Crippen LogP) is 3.44. The summed E-state index contributed by atoms with van der Waals surface area (Å²) in [7, 11) is 0. The van der Waals surface area contributed by atoms with Crippen molar-refractivity contribution in [3.63, 3.8) is 0 Å². The van der Waals surface area contributed by atoms with Gasteiger partial charge in [-0.15, -0.1) is 0 Å². The van der Waals surface area contributed by atoms with Gasteiger partial charge in [-0.1, -0.05) is 37.1 Å². The lowest BCUT2D eigenvalue weighted by Crippen LogP contribution is -1.92. The number of benzene rings is 1. The molecule has 0 saturated heterocycles. The predicted molar refractivity (Wildman–Crippen MR) is 64.3 cm³/mol. The van der Waals surface area contributed by atoms with Crippen molar-refractivity contribution >= 4 is 12.0 Å². The minimum absolute atomic E-state index is 0.679. The van der Waals surface area contributed by atoms with Crippen LogP contribution >= 0.6 is 0 Å². The van der Waals surface area contributed by atoms with Crippen LogP contribution in [-0.4, -0.2) is 11.1 Å². The highest BCUT2D eigenvalue weighted by atomic mass is 16.4. The van der Waals surface area contributed by atoms with Crippen LogP contribution in [0.15, 0.2) is 30.3 Å². The molecule has 0 aromatic heterocycles. The van der Waals surface area contributed by atoms with Gasteiger partial charge in [-0.2, -0.15) is 0 Å². The summed E-state index contributed by atoms with van der Waals surface area (Å²) in [5.74, 6) is -0.218. The number of carboxylic acids is 1. The second-order valence-electron chi connectivity index (χ2n) is 4.32. The largest absolute Gasteiger partial charge is 0.478 e. The summed E-state index contributed by atoms with van der Waals surface area (Å²) in [5, 5.41) is 8.57. The zero-order valence-corrected chi connectivity index (χ0v) is 9.23. The van der Waals surface area contributed by atoms with Gasteiger partial charge in [-0.05, 0) is 36.0 Å². The first-order valence-corrected chi connectivity index (χ1v) is 5.76. The summed E-state index contributed by atoms with van der Waals surface area (Å²) in [6.45, 7) is 0. The van der Waals surface area contributed by atoms with Crippen molar-refractivity contribution in [1.82, 2.24) is 0 Å². The van der Waals surface area contributed by atoms with Crippen molar-refractivity contribution in [2.24, 2.45) is 0 Å². The second kappa shape index (κ2) is 4.97. The van der Waals surface area contributed by atoms with Crippen molar-refractivity contribution in [2.75, 3.05) is 0 Å². The van der Waals surface area contributed by atoms with E-state index in [1.165, 1.54) is 37.3 Å². The summed E-state index contributed by atoms with van der Waals surface area (Å²) in [6, 6.07) is 8.20. The molecule has 1 aliphatic rings. The van der Waals surface area contributed by atoms with Crippen LogP contribution in [0.4, 0.5) is 0 Å². The molecular formula is C14H16O2. The average molecular weight is 216 g/mol. The Morgan fingerprint density at radius 2 is 2.06 bits per heavy atom. The lowest BCUT2D eigenvalue weighted by molar-refractivity contribution is -0.131. The van der Waals surface area contributed by atoms with Crippen LogP contribution in [0.3, 0.4) is 0 Å². The average Bonchev–Trinajstić information content (AvgIpc) is 2.80. The van der Waals surface area contributed by atoms with Crippen LogP contribution in [0.5, 0.6) is 0 Å². The molecule has 0 bridgehead atoms. The molecule has 1 aliphatic carbocycles. The maximum absolute atomic E-state index is 10.4. The minimum Gasteiger partial charge on any atom is -0.478 e. The highest BCUT2D eigenvalue weighted by molar-refractivity contribution is 5.85. The molecule has 0 atom stereocenters. The molecule has 0 radical (unpaired) electrons. The van der Waals surface area contributed by atoms with Crippen molar-refractivity contribution in [1.29, 1.82) is 0 Å². The van der Waals surface area contributed by atoms with Crippen molar-refractivity contribution in [2.45, 2.75) is 31.6 Å². The van der Waals surface area contributed by atoms with Gasteiger partial charge in [0.1, 0.15) is 0 Å². The van der Waals surface area contributed by atoms with Crippen LogP contribution in [0.25, 0.3) is 6.08 Å². The van der Waals surface area contributed by atoms with Crippen LogP contribution < -0.4 is 0 Å². The molecule has 0 unspecified atom stereocenters. The second-order valence-corrected chi connectivity index (χ2v) is 4.32. The van der Waals surface area contributed by atoms with E-state index < -0.39 is 5.97 Å². The molecular weight excluding hydrogens is 200 g/mol. The quantitative estimate of drug-likeness (QED) is 0.786. The molecule has 0 heterocycles. The van der Waals surface area contributed by atoms with E-state index in [4.69, 9.17) is 5.11 Å². The number of carboxylic acid groups (broad SMARTS) is 1. The third-order valence-corrected chi connectivity index (χ3v) is 3.16. The Bertz CT molecular complexity index is 401. The number of hydrogen-bond acceptors (Lipinski definition) is 1. The number of hydrogen-bond donors (Lipinski definition) is 1. The van der Waals surface area contributed by atoms with Crippen LogP contribution in [0, 0.1) is 0 Å². The highest BCUT2D eigenvalue weighted by Crippen LogP contribution is 2.34. The first kappa shape index (κ1) is 10.9. The molecule has 16 heavy (non-hydrogen) atoms. The molecule has 0 aliphatic heterocycles. The van der Waals surface area contributed by atoms with E-state index in [0.29, 0.717) is 5.92 Å². The molecule has 1 aromatic carbocycles. The van der Waals surface area contributed by atoms with Crippen molar-refractivity contribution in [3.05, 3.63) is 41.5 Å². The molecule has 1 fully saturated rings. The molecule has 0 spiro atoms. The Morgan fingerprint density at radius 3 is 2.75 bits per heavy atom. The topological polar surface area (TPSA) is 37.3 Å².